The van der Waals surface area contributed by atoms with Gasteiger partial charge in [0.05, 0.1) is 18.8 Å². The highest BCUT2D eigenvalue weighted by Crippen LogP contribution is 2.09. The highest BCUT2D eigenvalue weighted by Gasteiger charge is 1.90. The molecule has 2 heteroatoms. The lowest BCUT2D eigenvalue weighted by Gasteiger charge is -2.00. The fraction of sp³-hybridized carbons (Fsp3) is 0.800. The van der Waals surface area contributed by atoms with Gasteiger partial charge in [0.15, 0.2) is 0 Å². The zero-order valence-corrected chi connectivity index (χ0v) is 11.3. The summed E-state index contributed by atoms with van der Waals surface area (Å²) < 4.78 is 5.14. The zero-order valence-electron chi connectivity index (χ0n) is 11.3. The van der Waals surface area contributed by atoms with Crippen molar-refractivity contribution < 1.29 is 4.74 Å². The van der Waals surface area contributed by atoms with Gasteiger partial charge in [-0.25, -0.2) is 0 Å². The Morgan fingerprint density at radius 3 is 2.29 bits per heavy atom. The van der Waals surface area contributed by atoms with E-state index in [1.54, 1.807) is 6.26 Å². The number of rotatable bonds is 12. The zero-order chi connectivity index (χ0) is 12.6. The highest BCUT2D eigenvalue weighted by atomic mass is 16.5. The summed E-state index contributed by atoms with van der Waals surface area (Å²) in [6, 6.07) is 2.05. The van der Waals surface area contributed by atoms with Crippen LogP contribution in [-0.4, -0.2) is 6.61 Å². The van der Waals surface area contributed by atoms with Crippen LogP contribution in [0.15, 0.2) is 12.3 Å². The summed E-state index contributed by atoms with van der Waals surface area (Å²) in [6.07, 6.45) is 16.2. The van der Waals surface area contributed by atoms with Crippen LogP contribution in [0.4, 0.5) is 0 Å². The van der Waals surface area contributed by atoms with E-state index in [2.05, 4.69) is 13.0 Å². The van der Waals surface area contributed by atoms with Crippen LogP contribution in [0, 0.1) is 11.3 Å². The van der Waals surface area contributed by atoms with Gasteiger partial charge in [0.2, 0.25) is 0 Å². The SMILES string of the molecule is CCCCCCCCCC/C=C/OCCC#N. The lowest BCUT2D eigenvalue weighted by Crippen LogP contribution is -1.84. The molecule has 98 valence electrons. The van der Waals surface area contributed by atoms with Crippen molar-refractivity contribution in [3.05, 3.63) is 12.3 Å². The van der Waals surface area contributed by atoms with Gasteiger partial charge >= 0.3 is 0 Å². The molecular formula is C15H27NO. The fourth-order valence-corrected chi connectivity index (χ4v) is 1.70. The minimum atomic E-state index is 0.474. The maximum Gasteiger partial charge on any atom is 0.100 e. The van der Waals surface area contributed by atoms with E-state index in [4.69, 9.17) is 10.00 Å². The second-order valence-electron chi connectivity index (χ2n) is 4.41. The summed E-state index contributed by atoms with van der Waals surface area (Å²) in [5.74, 6) is 0. The van der Waals surface area contributed by atoms with Gasteiger partial charge in [-0.2, -0.15) is 5.26 Å². The molecule has 0 saturated carbocycles. The molecule has 0 saturated heterocycles. The quantitative estimate of drug-likeness (QED) is 0.355. The summed E-state index contributed by atoms with van der Waals surface area (Å²) in [6.45, 7) is 2.77. The third-order valence-corrected chi connectivity index (χ3v) is 2.75. The highest BCUT2D eigenvalue weighted by molar-refractivity contribution is 4.75. The van der Waals surface area contributed by atoms with Crippen molar-refractivity contribution in [1.82, 2.24) is 0 Å². The predicted molar refractivity (Wildman–Crippen MR) is 72.5 cm³/mol. The van der Waals surface area contributed by atoms with Crippen LogP contribution >= 0.6 is 0 Å². The van der Waals surface area contributed by atoms with Gasteiger partial charge < -0.3 is 4.74 Å². The summed E-state index contributed by atoms with van der Waals surface area (Å²) in [5.41, 5.74) is 0. The summed E-state index contributed by atoms with van der Waals surface area (Å²) >= 11 is 0. The van der Waals surface area contributed by atoms with Gasteiger partial charge in [0.25, 0.3) is 0 Å². The van der Waals surface area contributed by atoms with Crippen LogP contribution in [-0.2, 0) is 4.74 Å². The molecule has 0 heterocycles. The lowest BCUT2D eigenvalue weighted by atomic mass is 10.1. The Bertz CT molecular complexity index is 205. The van der Waals surface area contributed by atoms with Crippen molar-refractivity contribution in [3.63, 3.8) is 0 Å². The third kappa shape index (κ3) is 15.0. The first-order valence-electron chi connectivity index (χ1n) is 7.05. The average molecular weight is 237 g/mol. The molecule has 0 aromatic rings. The van der Waals surface area contributed by atoms with Gasteiger partial charge in [-0.05, 0) is 18.9 Å². The van der Waals surface area contributed by atoms with Crippen molar-refractivity contribution >= 4 is 0 Å². The molecule has 0 N–H and O–H groups in total. The Hall–Kier alpha value is -0.970. The van der Waals surface area contributed by atoms with E-state index in [1.807, 2.05) is 6.07 Å². The van der Waals surface area contributed by atoms with E-state index in [9.17, 15) is 0 Å². The van der Waals surface area contributed by atoms with Crippen molar-refractivity contribution in [2.24, 2.45) is 0 Å². The Labute approximate surface area is 107 Å². The molecule has 0 amide bonds. The van der Waals surface area contributed by atoms with Crippen LogP contribution in [0.2, 0.25) is 0 Å². The molecule has 0 aromatic carbocycles. The van der Waals surface area contributed by atoms with Gasteiger partial charge in [-0.15, -0.1) is 0 Å². The molecule has 0 atom stereocenters. The first-order chi connectivity index (χ1) is 8.41. The van der Waals surface area contributed by atoms with Crippen LogP contribution in [0.3, 0.4) is 0 Å². The van der Waals surface area contributed by atoms with Crippen LogP contribution < -0.4 is 0 Å². The molecule has 0 aliphatic rings. The van der Waals surface area contributed by atoms with E-state index in [-0.39, 0.29) is 0 Å². The largest absolute Gasteiger partial charge is 0.500 e. The molecule has 2 nitrogen and oxygen atoms in total. The minimum absolute atomic E-state index is 0.474. The first kappa shape index (κ1) is 16.0. The molecule has 0 spiro atoms. The monoisotopic (exact) mass is 237 g/mol. The van der Waals surface area contributed by atoms with Crippen LogP contribution in [0.25, 0.3) is 0 Å². The molecule has 0 aromatic heterocycles. The topological polar surface area (TPSA) is 33.0 Å². The Kier molecular flexibility index (Phi) is 14.2. The van der Waals surface area contributed by atoms with Crippen molar-refractivity contribution in [3.8, 4) is 6.07 Å². The average Bonchev–Trinajstić information content (AvgIpc) is 2.35. The normalized spacial score (nSPS) is 10.6. The predicted octanol–water partition coefficient (Wildman–Crippen LogP) is 4.96. The number of nitrogens with zero attached hydrogens (tertiary/aromatic N) is 1. The van der Waals surface area contributed by atoms with Crippen LogP contribution in [0.1, 0.15) is 71.1 Å². The fourth-order valence-electron chi connectivity index (χ4n) is 1.70. The smallest absolute Gasteiger partial charge is 0.100 e. The van der Waals surface area contributed by atoms with Gasteiger partial charge in [-0.3, -0.25) is 0 Å². The van der Waals surface area contributed by atoms with Crippen molar-refractivity contribution in [2.45, 2.75) is 71.1 Å². The second kappa shape index (κ2) is 15.0. The molecule has 0 radical (unpaired) electrons. The molecule has 0 aliphatic carbocycles. The maximum atomic E-state index is 8.29. The Morgan fingerprint density at radius 2 is 1.65 bits per heavy atom. The van der Waals surface area contributed by atoms with Gasteiger partial charge in [0, 0.05) is 0 Å². The summed E-state index contributed by atoms with van der Waals surface area (Å²) in [4.78, 5) is 0. The number of ether oxygens (including phenoxy) is 1. The first-order valence-corrected chi connectivity index (χ1v) is 7.05. The second-order valence-corrected chi connectivity index (χ2v) is 4.41. The lowest BCUT2D eigenvalue weighted by molar-refractivity contribution is 0.256. The molecule has 0 bridgehead atoms. The number of hydrogen-bond donors (Lipinski definition) is 0. The van der Waals surface area contributed by atoms with Crippen LogP contribution in [0.5, 0.6) is 0 Å². The molecule has 0 rings (SSSR count). The molecular weight excluding hydrogens is 210 g/mol. The number of hydrogen-bond acceptors (Lipinski definition) is 2. The minimum Gasteiger partial charge on any atom is -0.500 e. The van der Waals surface area contributed by atoms with Gasteiger partial charge in [0.1, 0.15) is 6.61 Å². The Balaban J connectivity index is 3.00. The van der Waals surface area contributed by atoms with Crippen molar-refractivity contribution in [2.75, 3.05) is 6.61 Å². The van der Waals surface area contributed by atoms with E-state index in [1.165, 1.54) is 51.4 Å². The summed E-state index contributed by atoms with van der Waals surface area (Å²) in [5, 5.41) is 8.29. The number of nitriles is 1. The standard InChI is InChI=1S/C15H27NO/c1-2-3-4-5-6-7-8-9-10-11-14-17-15-12-13-16/h11,14H,2-10,12,15H2,1H3/b14-11+. The summed E-state index contributed by atoms with van der Waals surface area (Å²) in [7, 11) is 0. The van der Waals surface area contributed by atoms with E-state index in [0.717, 1.165) is 6.42 Å². The molecule has 0 unspecified atom stereocenters. The van der Waals surface area contributed by atoms with Gasteiger partial charge in [-0.1, -0.05) is 51.9 Å². The van der Waals surface area contributed by atoms with E-state index in [0.29, 0.717) is 13.0 Å². The number of unbranched alkanes of at least 4 members (excludes halogenated alkanes) is 8. The maximum absolute atomic E-state index is 8.29. The van der Waals surface area contributed by atoms with E-state index < -0.39 is 0 Å². The number of allylic oxidation sites excluding steroid dienone is 1. The Morgan fingerprint density at radius 1 is 1.00 bits per heavy atom. The molecule has 17 heavy (non-hydrogen) atoms. The molecule has 0 fully saturated rings. The van der Waals surface area contributed by atoms with E-state index >= 15 is 0 Å². The molecule has 0 aliphatic heterocycles. The third-order valence-electron chi connectivity index (χ3n) is 2.75. The van der Waals surface area contributed by atoms with Crippen molar-refractivity contribution in [1.29, 1.82) is 5.26 Å².